The highest BCUT2D eigenvalue weighted by Gasteiger charge is 2.20. The van der Waals surface area contributed by atoms with Crippen LogP contribution in [0.3, 0.4) is 0 Å². The Morgan fingerprint density at radius 1 is 1.00 bits per heavy atom. The lowest BCUT2D eigenvalue weighted by molar-refractivity contribution is -0.137. The number of anilines is 1. The molecule has 2 aromatic carbocycles. The largest absolute Gasteiger partial charge is 0.506 e. The van der Waals surface area contributed by atoms with Crippen LogP contribution in [0.1, 0.15) is 48.9 Å². The van der Waals surface area contributed by atoms with Crippen LogP contribution in [0.25, 0.3) is 10.9 Å². The zero-order chi connectivity index (χ0) is 23.8. The molecule has 174 valence electrons. The fourth-order valence-corrected chi connectivity index (χ4v) is 4.18. The number of carboxylic acid groups (broad SMARTS) is 1. The summed E-state index contributed by atoms with van der Waals surface area (Å²) in [6.07, 6.45) is 4.63. The van der Waals surface area contributed by atoms with Crippen molar-refractivity contribution in [2.24, 2.45) is 0 Å². The van der Waals surface area contributed by atoms with Crippen molar-refractivity contribution >= 4 is 51.1 Å². The average Bonchev–Trinajstić information content (AvgIpc) is 2.76. The number of hydrogen-bond donors (Lipinski definition) is 4. The molecule has 0 saturated carbocycles. The predicted octanol–water partition coefficient (Wildman–Crippen LogP) is 4.89. The Balaban J connectivity index is 1.53. The molecule has 0 unspecified atom stereocenters. The van der Waals surface area contributed by atoms with Gasteiger partial charge in [-0.25, -0.2) is 0 Å². The lowest BCUT2D eigenvalue weighted by atomic mass is 10.1. The Morgan fingerprint density at radius 2 is 1.70 bits per heavy atom. The van der Waals surface area contributed by atoms with Gasteiger partial charge in [-0.3, -0.25) is 14.4 Å². The van der Waals surface area contributed by atoms with E-state index in [4.69, 9.17) is 9.84 Å². The minimum absolute atomic E-state index is 0.216. The highest BCUT2D eigenvalue weighted by molar-refractivity contribution is 14.1. The fourth-order valence-electron chi connectivity index (χ4n) is 3.42. The second-order valence-corrected chi connectivity index (χ2v) is 8.74. The summed E-state index contributed by atoms with van der Waals surface area (Å²) >= 11 is 2.04. The number of hydrogen-bond acceptors (Lipinski definition) is 5. The molecule has 8 nitrogen and oxygen atoms in total. The smallest absolute Gasteiger partial charge is 0.303 e. The normalized spacial score (nSPS) is 10.8. The number of aromatic amines is 1. The van der Waals surface area contributed by atoms with Gasteiger partial charge in [-0.15, -0.1) is 0 Å². The quantitative estimate of drug-likeness (QED) is 0.194. The van der Waals surface area contributed by atoms with E-state index < -0.39 is 17.4 Å². The van der Waals surface area contributed by atoms with Gasteiger partial charge in [0, 0.05) is 15.7 Å². The summed E-state index contributed by atoms with van der Waals surface area (Å²) in [7, 11) is 0. The lowest BCUT2D eigenvalue weighted by Gasteiger charge is -2.10. The lowest BCUT2D eigenvalue weighted by Crippen LogP contribution is -2.23. The molecule has 4 N–H and O–H groups in total. The molecule has 1 amide bonds. The molecule has 0 spiro atoms. The predicted molar refractivity (Wildman–Crippen MR) is 134 cm³/mol. The van der Waals surface area contributed by atoms with E-state index in [2.05, 4.69) is 10.3 Å². The zero-order valence-electron chi connectivity index (χ0n) is 17.9. The van der Waals surface area contributed by atoms with E-state index in [1.165, 1.54) is 0 Å². The molecular weight excluding hydrogens is 539 g/mol. The Morgan fingerprint density at radius 3 is 2.42 bits per heavy atom. The number of benzene rings is 2. The van der Waals surface area contributed by atoms with Gasteiger partial charge in [0.2, 0.25) is 0 Å². The molecule has 0 radical (unpaired) electrons. The van der Waals surface area contributed by atoms with E-state index in [0.29, 0.717) is 35.4 Å². The van der Waals surface area contributed by atoms with Gasteiger partial charge in [0.1, 0.15) is 17.1 Å². The highest BCUT2D eigenvalue weighted by Crippen LogP contribution is 2.29. The maximum atomic E-state index is 12.7. The Hall–Kier alpha value is -3.08. The van der Waals surface area contributed by atoms with Gasteiger partial charge in [-0.1, -0.05) is 25.3 Å². The molecule has 3 aromatic rings. The molecule has 0 saturated heterocycles. The number of H-pyrrole nitrogens is 1. The maximum Gasteiger partial charge on any atom is 0.303 e. The summed E-state index contributed by atoms with van der Waals surface area (Å²) in [6, 6.07) is 12.0. The molecular formula is C24H25IN2O6. The van der Waals surface area contributed by atoms with Gasteiger partial charge in [-0.2, -0.15) is 0 Å². The number of aromatic hydroxyl groups is 1. The van der Waals surface area contributed by atoms with Crippen LogP contribution < -0.4 is 15.6 Å². The molecule has 0 fully saturated rings. The average molecular weight is 564 g/mol. The highest BCUT2D eigenvalue weighted by atomic mass is 127. The second kappa shape index (κ2) is 11.7. The van der Waals surface area contributed by atoms with Gasteiger partial charge in [0.05, 0.1) is 17.5 Å². The number of aromatic nitrogens is 1. The van der Waals surface area contributed by atoms with E-state index >= 15 is 0 Å². The van der Waals surface area contributed by atoms with Gasteiger partial charge in [-0.05, 0) is 71.8 Å². The minimum atomic E-state index is -0.756. The molecule has 0 bridgehead atoms. The van der Waals surface area contributed by atoms with Crippen molar-refractivity contribution in [1.82, 2.24) is 4.98 Å². The Bertz CT molecular complexity index is 1190. The van der Waals surface area contributed by atoms with Crippen LogP contribution in [0, 0.1) is 3.57 Å². The summed E-state index contributed by atoms with van der Waals surface area (Å²) < 4.78 is 6.41. The zero-order valence-corrected chi connectivity index (χ0v) is 20.1. The number of carbonyl (C=O) groups excluding carboxylic acids is 1. The summed E-state index contributed by atoms with van der Waals surface area (Å²) in [4.78, 5) is 38.2. The van der Waals surface area contributed by atoms with Gasteiger partial charge >= 0.3 is 5.97 Å². The van der Waals surface area contributed by atoms with Crippen molar-refractivity contribution < 1.29 is 24.5 Å². The van der Waals surface area contributed by atoms with E-state index in [9.17, 15) is 19.5 Å². The summed E-state index contributed by atoms with van der Waals surface area (Å²) in [5.41, 5.74) is -0.0761. The van der Waals surface area contributed by atoms with Crippen molar-refractivity contribution in [2.75, 3.05) is 11.9 Å². The van der Waals surface area contributed by atoms with Crippen LogP contribution in [0.5, 0.6) is 11.5 Å². The Labute approximate surface area is 204 Å². The summed E-state index contributed by atoms with van der Waals surface area (Å²) in [5, 5.41) is 22.3. The first-order valence-electron chi connectivity index (χ1n) is 10.7. The van der Waals surface area contributed by atoms with Crippen LogP contribution in [0.15, 0.2) is 47.3 Å². The minimum Gasteiger partial charge on any atom is -0.506 e. The third-order valence-electron chi connectivity index (χ3n) is 5.11. The third kappa shape index (κ3) is 6.70. The van der Waals surface area contributed by atoms with Crippen LogP contribution in [-0.2, 0) is 4.79 Å². The van der Waals surface area contributed by atoms with Crippen LogP contribution in [-0.4, -0.2) is 33.7 Å². The van der Waals surface area contributed by atoms with Crippen molar-refractivity contribution in [1.29, 1.82) is 0 Å². The number of fused-ring (bicyclic) bond motifs is 1. The van der Waals surface area contributed by atoms with Crippen molar-refractivity contribution in [3.05, 3.63) is 62.0 Å². The molecule has 0 atom stereocenters. The fraction of sp³-hybridized carbons (Fsp3) is 0.292. The first kappa shape index (κ1) is 24.6. The number of aliphatic carboxylic acids is 1. The molecule has 0 aliphatic rings. The number of carboxylic acids is 1. The number of ether oxygens (including phenoxy) is 1. The van der Waals surface area contributed by atoms with E-state index in [1.807, 2.05) is 22.6 Å². The first-order valence-corrected chi connectivity index (χ1v) is 11.7. The van der Waals surface area contributed by atoms with Crippen molar-refractivity contribution in [3.63, 3.8) is 0 Å². The van der Waals surface area contributed by atoms with Gasteiger partial charge in [0.15, 0.2) is 0 Å². The van der Waals surface area contributed by atoms with Crippen molar-refractivity contribution in [3.8, 4) is 11.5 Å². The molecule has 1 aromatic heterocycles. The van der Waals surface area contributed by atoms with Gasteiger partial charge in [0.25, 0.3) is 11.5 Å². The first-order chi connectivity index (χ1) is 15.9. The molecule has 0 aliphatic heterocycles. The number of rotatable bonds is 11. The molecule has 0 aliphatic carbocycles. The topological polar surface area (TPSA) is 129 Å². The standard InChI is InChI=1S/C24H25IN2O6/c25-17-7-6-8-18-20(17)22(30)21(24(32)27-18)23(31)26-15-10-12-16(13-11-15)33-14-5-3-1-2-4-9-19(28)29/h6-8,10-13H,1-5,9,14H2,(H,26,31)(H,28,29)(H2,27,30,32). The van der Waals surface area contributed by atoms with Crippen LogP contribution >= 0.6 is 22.6 Å². The second-order valence-electron chi connectivity index (χ2n) is 7.58. The van der Waals surface area contributed by atoms with E-state index in [0.717, 1.165) is 29.3 Å². The van der Waals surface area contributed by atoms with Gasteiger partial charge < -0.3 is 25.3 Å². The summed E-state index contributed by atoms with van der Waals surface area (Å²) in [5.74, 6) is -1.15. The van der Waals surface area contributed by atoms with Crippen molar-refractivity contribution in [2.45, 2.75) is 38.5 Å². The van der Waals surface area contributed by atoms with Crippen LogP contribution in [0.2, 0.25) is 0 Å². The monoisotopic (exact) mass is 564 g/mol. The molecule has 9 heteroatoms. The summed E-state index contributed by atoms with van der Waals surface area (Å²) in [6.45, 7) is 0.545. The number of pyridine rings is 1. The molecule has 1 heterocycles. The number of nitrogens with one attached hydrogen (secondary N) is 2. The number of halogens is 1. The third-order valence-corrected chi connectivity index (χ3v) is 6.00. The van der Waals surface area contributed by atoms with Crippen LogP contribution in [0.4, 0.5) is 5.69 Å². The SMILES string of the molecule is O=C(O)CCCCCCCOc1ccc(NC(=O)c2c(O)c3c(I)cccc3[nH]c2=O)cc1. The maximum absolute atomic E-state index is 12.7. The van der Waals surface area contributed by atoms with E-state index in [1.54, 1.807) is 42.5 Å². The molecule has 3 rings (SSSR count). The number of amides is 1. The van der Waals surface area contributed by atoms with E-state index in [-0.39, 0.29) is 17.7 Å². The molecule has 33 heavy (non-hydrogen) atoms. The Kier molecular flexibility index (Phi) is 8.70. The number of carbonyl (C=O) groups is 2. The number of unbranched alkanes of at least 4 members (excludes halogenated alkanes) is 4.